The number of imidazole rings is 1. The third-order valence-corrected chi connectivity index (χ3v) is 5.93. The fourth-order valence-electron chi connectivity index (χ4n) is 4.03. The number of anilines is 1. The fourth-order valence-corrected chi connectivity index (χ4v) is 4.15. The molecule has 8 nitrogen and oxygen atoms in total. The highest BCUT2D eigenvalue weighted by molar-refractivity contribution is 6.30. The third kappa shape index (κ3) is 4.20. The Morgan fingerprint density at radius 2 is 1.71 bits per heavy atom. The molecule has 5 rings (SSSR count). The highest BCUT2D eigenvalue weighted by Gasteiger charge is 2.18. The van der Waals surface area contributed by atoms with E-state index in [4.69, 9.17) is 26.1 Å². The first-order valence-electron chi connectivity index (χ1n) is 10.8. The van der Waals surface area contributed by atoms with E-state index in [0.29, 0.717) is 44.7 Å². The van der Waals surface area contributed by atoms with Crippen LogP contribution in [0.1, 0.15) is 0 Å². The quantitative estimate of drug-likeness (QED) is 0.376. The maximum atomic E-state index is 13.1. The standard InChI is InChI=1S/C26H21ClN4O4/c1-34-18-11-12-19(23(13-18)35-2)28-24(32)15-30-21-5-3-4-6-22(21)31-25(33)14-20(29-26(30)31)16-7-9-17(27)10-8-16/h3-14H,15H2,1-2H3,(H,28,32). The number of ether oxygens (including phenoxy) is 2. The number of rotatable bonds is 6. The molecule has 0 saturated carbocycles. The zero-order valence-corrected chi connectivity index (χ0v) is 19.7. The molecule has 0 bridgehead atoms. The Morgan fingerprint density at radius 1 is 0.971 bits per heavy atom. The van der Waals surface area contributed by atoms with E-state index in [1.165, 1.54) is 17.6 Å². The van der Waals surface area contributed by atoms with Gasteiger partial charge in [-0.3, -0.25) is 9.59 Å². The molecule has 0 radical (unpaired) electrons. The molecular weight excluding hydrogens is 468 g/mol. The lowest BCUT2D eigenvalue weighted by Gasteiger charge is -2.12. The van der Waals surface area contributed by atoms with Crippen molar-refractivity contribution < 1.29 is 14.3 Å². The molecule has 0 fully saturated rings. The second kappa shape index (κ2) is 9.15. The predicted molar refractivity (Wildman–Crippen MR) is 136 cm³/mol. The molecule has 0 aliphatic heterocycles. The summed E-state index contributed by atoms with van der Waals surface area (Å²) in [4.78, 5) is 31.0. The van der Waals surface area contributed by atoms with Crippen LogP contribution in [0, 0.1) is 0 Å². The molecule has 176 valence electrons. The average molecular weight is 489 g/mol. The minimum atomic E-state index is -0.303. The van der Waals surface area contributed by atoms with Crippen molar-refractivity contribution in [2.24, 2.45) is 0 Å². The normalized spacial score (nSPS) is 11.1. The number of hydrogen-bond acceptors (Lipinski definition) is 5. The number of fused-ring (bicyclic) bond motifs is 3. The molecule has 9 heteroatoms. The number of nitrogens with zero attached hydrogens (tertiary/aromatic N) is 3. The van der Waals surface area contributed by atoms with Crippen LogP contribution >= 0.6 is 11.6 Å². The molecule has 0 saturated heterocycles. The van der Waals surface area contributed by atoms with Crippen molar-refractivity contribution in [2.45, 2.75) is 6.54 Å². The van der Waals surface area contributed by atoms with Crippen molar-refractivity contribution in [2.75, 3.05) is 19.5 Å². The molecule has 0 spiro atoms. The Morgan fingerprint density at radius 3 is 2.43 bits per heavy atom. The van der Waals surface area contributed by atoms with Crippen molar-refractivity contribution in [3.8, 4) is 22.8 Å². The number of benzene rings is 3. The van der Waals surface area contributed by atoms with Gasteiger partial charge in [-0.05, 0) is 36.4 Å². The van der Waals surface area contributed by atoms with Crippen LogP contribution < -0.4 is 20.3 Å². The maximum absolute atomic E-state index is 13.1. The molecule has 35 heavy (non-hydrogen) atoms. The van der Waals surface area contributed by atoms with Gasteiger partial charge in [0.15, 0.2) is 0 Å². The van der Waals surface area contributed by atoms with E-state index in [0.717, 1.165) is 5.56 Å². The summed E-state index contributed by atoms with van der Waals surface area (Å²) in [6.45, 7) is -0.0668. The topological polar surface area (TPSA) is 86.9 Å². The van der Waals surface area contributed by atoms with Crippen LogP contribution in [0.25, 0.3) is 28.1 Å². The smallest absolute Gasteiger partial charge is 0.260 e. The van der Waals surface area contributed by atoms with Crippen LogP contribution in [0.3, 0.4) is 0 Å². The second-order valence-corrected chi connectivity index (χ2v) is 8.25. The minimum absolute atomic E-state index is 0.0668. The first-order chi connectivity index (χ1) is 17.0. The summed E-state index contributed by atoms with van der Waals surface area (Å²) in [5.74, 6) is 1.14. The van der Waals surface area contributed by atoms with Gasteiger partial charge in [0, 0.05) is 22.7 Å². The Balaban J connectivity index is 1.59. The number of methoxy groups -OCH3 is 2. The first-order valence-corrected chi connectivity index (χ1v) is 11.1. The number of nitrogens with one attached hydrogen (secondary N) is 1. The van der Waals surface area contributed by atoms with Crippen molar-refractivity contribution >= 4 is 40.0 Å². The lowest BCUT2D eigenvalue weighted by atomic mass is 10.1. The summed E-state index contributed by atoms with van der Waals surface area (Å²) < 4.78 is 13.8. The lowest BCUT2D eigenvalue weighted by Crippen LogP contribution is -2.21. The van der Waals surface area contributed by atoms with E-state index in [2.05, 4.69) is 5.32 Å². The van der Waals surface area contributed by atoms with E-state index in [-0.39, 0.29) is 18.0 Å². The van der Waals surface area contributed by atoms with Crippen molar-refractivity contribution in [1.29, 1.82) is 0 Å². The minimum Gasteiger partial charge on any atom is -0.497 e. The first kappa shape index (κ1) is 22.5. The van der Waals surface area contributed by atoms with Gasteiger partial charge in [-0.15, -0.1) is 0 Å². The number of aromatic nitrogens is 3. The lowest BCUT2D eigenvalue weighted by molar-refractivity contribution is -0.116. The molecule has 2 heterocycles. The molecule has 0 unspecified atom stereocenters. The van der Waals surface area contributed by atoms with Crippen LogP contribution in [-0.2, 0) is 11.3 Å². The summed E-state index contributed by atoms with van der Waals surface area (Å²) in [5, 5.41) is 3.47. The molecule has 0 aliphatic rings. The fraction of sp³-hybridized carbons (Fsp3) is 0.115. The van der Waals surface area contributed by atoms with Crippen LogP contribution in [0.15, 0.2) is 77.6 Å². The third-order valence-electron chi connectivity index (χ3n) is 5.68. The second-order valence-electron chi connectivity index (χ2n) is 7.81. The molecule has 5 aromatic rings. The molecule has 3 aromatic carbocycles. The van der Waals surface area contributed by atoms with Crippen molar-refractivity contribution in [1.82, 2.24) is 14.0 Å². The number of para-hydroxylation sites is 2. The predicted octanol–water partition coefficient (Wildman–Crippen LogP) is 4.63. The van der Waals surface area contributed by atoms with E-state index < -0.39 is 0 Å². The maximum Gasteiger partial charge on any atom is 0.260 e. The molecule has 2 aromatic heterocycles. The number of carbonyl (C=O) groups excluding carboxylic acids is 1. The van der Waals surface area contributed by atoms with E-state index in [1.807, 2.05) is 24.3 Å². The Hall–Kier alpha value is -4.30. The van der Waals surface area contributed by atoms with Gasteiger partial charge in [-0.1, -0.05) is 35.9 Å². The average Bonchev–Trinajstić information content (AvgIpc) is 3.18. The van der Waals surface area contributed by atoms with Crippen LogP contribution in [0.2, 0.25) is 5.02 Å². The highest BCUT2D eigenvalue weighted by atomic mass is 35.5. The largest absolute Gasteiger partial charge is 0.497 e. The van der Waals surface area contributed by atoms with E-state index in [9.17, 15) is 9.59 Å². The zero-order valence-electron chi connectivity index (χ0n) is 19.0. The van der Waals surface area contributed by atoms with Crippen molar-refractivity contribution in [3.63, 3.8) is 0 Å². The number of halogens is 1. The SMILES string of the molecule is COc1ccc(NC(=O)Cn2c3ccccc3n3c(=O)cc(-c4ccc(Cl)cc4)nc23)c(OC)c1. The van der Waals surface area contributed by atoms with Gasteiger partial charge in [-0.2, -0.15) is 0 Å². The summed E-state index contributed by atoms with van der Waals surface area (Å²) >= 11 is 6.02. The molecular formula is C26H21ClN4O4. The Bertz CT molecular complexity index is 1620. The van der Waals surface area contributed by atoms with Crippen molar-refractivity contribution in [3.05, 3.63) is 88.2 Å². The highest BCUT2D eigenvalue weighted by Crippen LogP contribution is 2.29. The Kier molecular flexibility index (Phi) is 5.88. The van der Waals surface area contributed by atoms with Gasteiger partial charge in [-0.25, -0.2) is 9.38 Å². The van der Waals surface area contributed by atoms with Gasteiger partial charge < -0.3 is 19.4 Å². The molecule has 1 amide bonds. The zero-order chi connectivity index (χ0) is 24.5. The number of carbonyl (C=O) groups is 1. The molecule has 0 aliphatic carbocycles. The van der Waals surface area contributed by atoms with Gasteiger partial charge in [0.2, 0.25) is 11.7 Å². The van der Waals surface area contributed by atoms with Gasteiger partial charge in [0.05, 0.1) is 36.6 Å². The van der Waals surface area contributed by atoms with Crippen LogP contribution in [-0.4, -0.2) is 34.1 Å². The molecule has 1 N–H and O–H groups in total. The Labute approximate surface area is 205 Å². The summed E-state index contributed by atoms with van der Waals surface area (Å²) in [7, 11) is 3.08. The van der Waals surface area contributed by atoms with E-state index >= 15 is 0 Å². The summed E-state index contributed by atoms with van der Waals surface area (Å²) in [5.41, 5.74) is 2.88. The number of amides is 1. The van der Waals surface area contributed by atoms with Gasteiger partial charge in [0.1, 0.15) is 18.0 Å². The summed E-state index contributed by atoms with van der Waals surface area (Å²) in [6.07, 6.45) is 0. The van der Waals surface area contributed by atoms with Gasteiger partial charge >= 0.3 is 0 Å². The monoisotopic (exact) mass is 488 g/mol. The van der Waals surface area contributed by atoms with Gasteiger partial charge in [0.25, 0.3) is 5.56 Å². The molecule has 0 atom stereocenters. The van der Waals surface area contributed by atoms with Crippen LogP contribution in [0.4, 0.5) is 5.69 Å². The summed E-state index contributed by atoms with van der Waals surface area (Å²) in [6, 6.07) is 21.1. The van der Waals surface area contributed by atoms with E-state index in [1.54, 1.807) is 54.1 Å². The number of hydrogen-bond donors (Lipinski definition) is 1. The van der Waals surface area contributed by atoms with Crippen LogP contribution in [0.5, 0.6) is 11.5 Å².